The van der Waals surface area contributed by atoms with Gasteiger partial charge in [0, 0.05) is 0 Å². The number of thiazole rings is 1. The topological polar surface area (TPSA) is 85.1 Å². The zero-order valence-electron chi connectivity index (χ0n) is 9.63. The number of hydrogen-bond donors (Lipinski definition) is 2. The number of nitrogens with zero attached hydrogens (tertiary/aromatic N) is 1. The Balaban J connectivity index is 2.88. The second-order valence-electron chi connectivity index (χ2n) is 3.56. The fourth-order valence-electron chi connectivity index (χ4n) is 1.26. The number of rotatable bonds is 6. The fraction of sp³-hybridized carbons (Fsp3) is 0.556. The SMILES string of the molecule is CCCC(NS(=O)(=O)c1cnc(C)s1)C(N)=S. The van der Waals surface area contributed by atoms with Crippen LogP contribution in [0.1, 0.15) is 24.8 Å². The summed E-state index contributed by atoms with van der Waals surface area (Å²) in [4.78, 5) is 4.08. The minimum Gasteiger partial charge on any atom is -0.392 e. The summed E-state index contributed by atoms with van der Waals surface area (Å²) in [6.45, 7) is 3.69. The van der Waals surface area contributed by atoms with Crippen LogP contribution >= 0.6 is 23.6 Å². The molecule has 0 aliphatic heterocycles. The molecule has 1 aromatic heterocycles. The highest BCUT2D eigenvalue weighted by Gasteiger charge is 2.23. The largest absolute Gasteiger partial charge is 0.392 e. The Morgan fingerprint density at radius 1 is 1.71 bits per heavy atom. The van der Waals surface area contributed by atoms with Gasteiger partial charge in [0.25, 0.3) is 10.0 Å². The predicted octanol–water partition coefficient (Wildman–Crippen LogP) is 1.18. The molecule has 0 saturated carbocycles. The maximum absolute atomic E-state index is 12.0. The van der Waals surface area contributed by atoms with E-state index in [9.17, 15) is 8.42 Å². The zero-order valence-corrected chi connectivity index (χ0v) is 12.1. The minimum absolute atomic E-state index is 0.164. The smallest absolute Gasteiger partial charge is 0.252 e. The Morgan fingerprint density at radius 2 is 2.35 bits per heavy atom. The number of aromatic nitrogens is 1. The van der Waals surface area contributed by atoms with Gasteiger partial charge in [0.1, 0.15) is 0 Å². The first-order chi connectivity index (χ1) is 7.86. The van der Waals surface area contributed by atoms with E-state index in [4.69, 9.17) is 18.0 Å². The van der Waals surface area contributed by atoms with Crippen molar-refractivity contribution in [1.29, 1.82) is 0 Å². The van der Waals surface area contributed by atoms with Gasteiger partial charge in [-0.05, 0) is 13.3 Å². The van der Waals surface area contributed by atoms with E-state index >= 15 is 0 Å². The molecule has 0 bridgehead atoms. The summed E-state index contributed by atoms with van der Waals surface area (Å²) in [5, 5.41) is 0.702. The van der Waals surface area contributed by atoms with Crippen LogP contribution in [0.5, 0.6) is 0 Å². The Kier molecular flexibility index (Phi) is 4.99. The summed E-state index contributed by atoms with van der Waals surface area (Å²) in [6.07, 6.45) is 2.73. The standard InChI is InChI=1S/C9H15N3O2S3/c1-3-4-7(9(10)15)12-17(13,14)8-5-11-6(2)16-8/h5,7,12H,3-4H2,1-2H3,(H2,10,15). The van der Waals surface area contributed by atoms with Crippen molar-refractivity contribution in [3.63, 3.8) is 0 Å². The third-order valence-corrected chi connectivity index (χ3v) is 5.21. The van der Waals surface area contributed by atoms with E-state index in [2.05, 4.69) is 9.71 Å². The van der Waals surface area contributed by atoms with Gasteiger partial charge in [0.15, 0.2) is 4.21 Å². The second kappa shape index (κ2) is 5.85. The molecule has 0 fully saturated rings. The van der Waals surface area contributed by atoms with Gasteiger partial charge in [0.2, 0.25) is 0 Å². The molecule has 0 saturated heterocycles. The van der Waals surface area contributed by atoms with Crippen LogP contribution in [-0.2, 0) is 10.0 Å². The van der Waals surface area contributed by atoms with Crippen molar-refractivity contribution in [3.05, 3.63) is 11.2 Å². The van der Waals surface area contributed by atoms with Crippen molar-refractivity contribution >= 4 is 38.6 Å². The molecule has 0 spiro atoms. The Labute approximate surface area is 110 Å². The number of thiocarbonyl (C=S) groups is 1. The molecule has 96 valence electrons. The summed E-state index contributed by atoms with van der Waals surface area (Å²) in [5.74, 6) is 0. The number of nitrogens with two attached hydrogens (primary N) is 1. The molecule has 0 radical (unpaired) electrons. The summed E-state index contributed by atoms with van der Waals surface area (Å²) < 4.78 is 26.6. The van der Waals surface area contributed by atoms with E-state index in [1.807, 2.05) is 6.92 Å². The van der Waals surface area contributed by atoms with Crippen LogP contribution in [0.4, 0.5) is 0 Å². The molecular formula is C9H15N3O2S3. The van der Waals surface area contributed by atoms with E-state index in [1.54, 1.807) is 6.92 Å². The van der Waals surface area contributed by atoms with Crippen LogP contribution in [0.2, 0.25) is 0 Å². The van der Waals surface area contributed by atoms with Crippen molar-refractivity contribution in [2.45, 2.75) is 36.9 Å². The lowest BCUT2D eigenvalue weighted by Gasteiger charge is -2.15. The quantitative estimate of drug-likeness (QED) is 0.769. The number of nitrogens with one attached hydrogen (secondary N) is 1. The number of hydrogen-bond acceptors (Lipinski definition) is 5. The molecule has 0 amide bonds. The summed E-state index contributed by atoms with van der Waals surface area (Å²) >= 11 is 5.97. The molecule has 3 N–H and O–H groups in total. The summed E-state index contributed by atoms with van der Waals surface area (Å²) in [5.41, 5.74) is 5.51. The van der Waals surface area contributed by atoms with Gasteiger partial charge in [-0.25, -0.2) is 18.1 Å². The van der Waals surface area contributed by atoms with E-state index in [0.717, 1.165) is 17.8 Å². The molecule has 17 heavy (non-hydrogen) atoms. The van der Waals surface area contributed by atoms with Crippen molar-refractivity contribution in [2.75, 3.05) is 0 Å². The van der Waals surface area contributed by atoms with E-state index in [-0.39, 0.29) is 9.20 Å². The van der Waals surface area contributed by atoms with Gasteiger partial charge in [0.05, 0.1) is 22.2 Å². The lowest BCUT2D eigenvalue weighted by atomic mass is 10.2. The normalized spacial score (nSPS) is 13.5. The average Bonchev–Trinajstić information content (AvgIpc) is 2.64. The van der Waals surface area contributed by atoms with Crippen molar-refractivity contribution in [3.8, 4) is 0 Å². The lowest BCUT2D eigenvalue weighted by molar-refractivity contribution is 0.569. The first-order valence-corrected chi connectivity index (χ1v) is 7.81. The van der Waals surface area contributed by atoms with E-state index in [1.165, 1.54) is 6.20 Å². The van der Waals surface area contributed by atoms with Gasteiger partial charge in [-0.2, -0.15) is 0 Å². The average molecular weight is 293 g/mol. The van der Waals surface area contributed by atoms with Gasteiger partial charge in [-0.1, -0.05) is 25.6 Å². The minimum atomic E-state index is -3.57. The molecular weight excluding hydrogens is 278 g/mol. The molecule has 8 heteroatoms. The maximum atomic E-state index is 12.0. The van der Waals surface area contributed by atoms with Crippen LogP contribution in [0.3, 0.4) is 0 Å². The third-order valence-electron chi connectivity index (χ3n) is 2.08. The molecule has 1 heterocycles. The highest BCUT2D eigenvalue weighted by Crippen LogP contribution is 2.18. The van der Waals surface area contributed by atoms with Gasteiger partial charge >= 0.3 is 0 Å². The zero-order chi connectivity index (χ0) is 13.1. The molecule has 0 aromatic carbocycles. The van der Waals surface area contributed by atoms with Crippen molar-refractivity contribution in [1.82, 2.24) is 9.71 Å². The number of sulfonamides is 1. The highest BCUT2D eigenvalue weighted by molar-refractivity contribution is 7.91. The first-order valence-electron chi connectivity index (χ1n) is 5.11. The third kappa shape index (κ3) is 3.98. The molecule has 1 unspecified atom stereocenters. The van der Waals surface area contributed by atoms with Crippen LogP contribution in [0, 0.1) is 6.92 Å². The van der Waals surface area contributed by atoms with Crippen LogP contribution in [0.15, 0.2) is 10.4 Å². The van der Waals surface area contributed by atoms with Crippen LogP contribution < -0.4 is 10.5 Å². The monoisotopic (exact) mass is 293 g/mol. The van der Waals surface area contributed by atoms with Crippen LogP contribution in [0.25, 0.3) is 0 Å². The van der Waals surface area contributed by atoms with E-state index < -0.39 is 16.1 Å². The predicted molar refractivity (Wildman–Crippen MR) is 72.7 cm³/mol. The Morgan fingerprint density at radius 3 is 2.76 bits per heavy atom. The first kappa shape index (κ1) is 14.5. The number of aryl methyl sites for hydroxylation is 1. The Hall–Kier alpha value is -0.570. The van der Waals surface area contributed by atoms with Crippen LogP contribution in [-0.4, -0.2) is 24.4 Å². The molecule has 1 aromatic rings. The molecule has 0 aliphatic carbocycles. The summed E-state index contributed by atoms with van der Waals surface area (Å²) in [6, 6.07) is -0.498. The van der Waals surface area contributed by atoms with Crippen molar-refractivity contribution < 1.29 is 8.42 Å². The second-order valence-corrected chi connectivity index (χ2v) is 7.21. The molecule has 1 rings (SSSR count). The highest BCUT2D eigenvalue weighted by atomic mass is 32.2. The van der Waals surface area contributed by atoms with Gasteiger partial charge in [-0.3, -0.25) is 0 Å². The molecule has 1 atom stereocenters. The van der Waals surface area contributed by atoms with Gasteiger partial charge < -0.3 is 5.73 Å². The lowest BCUT2D eigenvalue weighted by Crippen LogP contribution is -2.43. The molecule has 0 aliphatic rings. The molecule has 5 nitrogen and oxygen atoms in total. The maximum Gasteiger partial charge on any atom is 0.252 e. The fourth-order valence-corrected chi connectivity index (χ4v) is 3.88. The van der Waals surface area contributed by atoms with Crippen molar-refractivity contribution in [2.24, 2.45) is 5.73 Å². The summed E-state index contributed by atoms with van der Waals surface area (Å²) in [7, 11) is -3.57. The van der Waals surface area contributed by atoms with E-state index in [0.29, 0.717) is 11.4 Å². The van der Waals surface area contributed by atoms with Gasteiger partial charge in [-0.15, -0.1) is 11.3 Å². The Bertz CT molecular complexity index is 495.